The van der Waals surface area contributed by atoms with Crippen molar-refractivity contribution in [3.8, 4) is 0 Å². The zero-order chi connectivity index (χ0) is 13.8. The van der Waals surface area contributed by atoms with E-state index < -0.39 is 0 Å². The second-order valence-corrected chi connectivity index (χ2v) is 5.05. The fourth-order valence-electron chi connectivity index (χ4n) is 2.24. The lowest BCUT2D eigenvalue weighted by molar-refractivity contribution is 0.788. The van der Waals surface area contributed by atoms with Crippen LogP contribution in [0.25, 0.3) is 0 Å². The average molecular weight is 255 g/mol. The summed E-state index contributed by atoms with van der Waals surface area (Å²) >= 11 is 0. The Kier molecular flexibility index (Phi) is 4.17. The van der Waals surface area contributed by atoms with E-state index in [1.807, 2.05) is 25.3 Å². The largest absolute Gasteiger partial charge is 0.355 e. The Bertz CT molecular complexity index is 549. The van der Waals surface area contributed by atoms with E-state index in [-0.39, 0.29) is 6.04 Å². The summed E-state index contributed by atoms with van der Waals surface area (Å²) in [4.78, 5) is 6.61. The highest BCUT2D eigenvalue weighted by Crippen LogP contribution is 2.22. The summed E-state index contributed by atoms with van der Waals surface area (Å²) in [7, 11) is 2.05. The third-order valence-electron chi connectivity index (χ3n) is 3.17. The highest BCUT2D eigenvalue weighted by molar-refractivity contribution is 5.48. The van der Waals surface area contributed by atoms with Crippen LogP contribution in [0.3, 0.4) is 0 Å². The molecule has 2 N–H and O–H groups in total. The lowest BCUT2D eigenvalue weighted by Gasteiger charge is -2.22. The Labute approximate surface area is 115 Å². The van der Waals surface area contributed by atoms with Crippen LogP contribution in [0.4, 0.5) is 5.82 Å². The van der Waals surface area contributed by atoms with Crippen molar-refractivity contribution in [1.82, 2.24) is 4.98 Å². The van der Waals surface area contributed by atoms with Gasteiger partial charge in [-0.05, 0) is 25.5 Å². The number of hydrogen-bond donors (Lipinski definition) is 1. The molecule has 0 saturated heterocycles. The monoisotopic (exact) mass is 255 g/mol. The van der Waals surface area contributed by atoms with Gasteiger partial charge in [0.1, 0.15) is 5.82 Å². The molecule has 0 aliphatic heterocycles. The SMILES string of the molecule is Cc1cccc(CN(C)c2ncccc2[C@H](C)N)c1. The van der Waals surface area contributed by atoms with Crippen LogP contribution in [-0.4, -0.2) is 12.0 Å². The highest BCUT2D eigenvalue weighted by atomic mass is 15.2. The van der Waals surface area contributed by atoms with Gasteiger partial charge in [-0.15, -0.1) is 0 Å². The maximum absolute atomic E-state index is 6.00. The molecule has 0 radical (unpaired) electrons. The van der Waals surface area contributed by atoms with Crippen molar-refractivity contribution < 1.29 is 0 Å². The molecule has 0 unspecified atom stereocenters. The Morgan fingerprint density at radius 3 is 2.74 bits per heavy atom. The van der Waals surface area contributed by atoms with Crippen LogP contribution in [0.2, 0.25) is 0 Å². The maximum Gasteiger partial charge on any atom is 0.133 e. The number of aryl methyl sites for hydroxylation is 1. The zero-order valence-corrected chi connectivity index (χ0v) is 11.8. The first kappa shape index (κ1) is 13.6. The maximum atomic E-state index is 6.00. The minimum Gasteiger partial charge on any atom is -0.355 e. The van der Waals surface area contributed by atoms with E-state index in [0.29, 0.717) is 0 Å². The number of rotatable bonds is 4. The van der Waals surface area contributed by atoms with Crippen molar-refractivity contribution in [3.63, 3.8) is 0 Å². The molecule has 2 rings (SSSR count). The first-order chi connectivity index (χ1) is 9.08. The smallest absolute Gasteiger partial charge is 0.133 e. The molecule has 19 heavy (non-hydrogen) atoms. The summed E-state index contributed by atoms with van der Waals surface area (Å²) in [6.45, 7) is 4.93. The van der Waals surface area contributed by atoms with Crippen molar-refractivity contribution in [2.75, 3.05) is 11.9 Å². The molecule has 0 saturated carbocycles. The van der Waals surface area contributed by atoms with Gasteiger partial charge in [0.15, 0.2) is 0 Å². The summed E-state index contributed by atoms with van der Waals surface area (Å²) in [5, 5.41) is 0. The van der Waals surface area contributed by atoms with Crippen LogP contribution in [0.15, 0.2) is 42.6 Å². The minimum absolute atomic E-state index is 0.0105. The van der Waals surface area contributed by atoms with E-state index >= 15 is 0 Å². The Balaban J connectivity index is 2.23. The van der Waals surface area contributed by atoms with Gasteiger partial charge in [-0.3, -0.25) is 0 Å². The van der Waals surface area contributed by atoms with E-state index in [4.69, 9.17) is 5.73 Å². The molecular formula is C16H21N3. The number of aromatic nitrogens is 1. The highest BCUT2D eigenvalue weighted by Gasteiger charge is 2.11. The molecule has 3 heteroatoms. The van der Waals surface area contributed by atoms with E-state index in [0.717, 1.165) is 17.9 Å². The van der Waals surface area contributed by atoms with Gasteiger partial charge < -0.3 is 10.6 Å². The normalized spacial score (nSPS) is 12.2. The van der Waals surface area contributed by atoms with Crippen LogP contribution in [0, 0.1) is 6.92 Å². The summed E-state index contributed by atoms with van der Waals surface area (Å²) in [6, 6.07) is 12.5. The summed E-state index contributed by atoms with van der Waals surface area (Å²) in [5.41, 5.74) is 9.64. The fourth-order valence-corrected chi connectivity index (χ4v) is 2.24. The molecule has 1 aromatic carbocycles. The van der Waals surface area contributed by atoms with Gasteiger partial charge in [0.2, 0.25) is 0 Å². The first-order valence-corrected chi connectivity index (χ1v) is 6.55. The van der Waals surface area contributed by atoms with E-state index in [2.05, 4.69) is 48.1 Å². The Morgan fingerprint density at radius 1 is 1.26 bits per heavy atom. The van der Waals surface area contributed by atoms with Crippen LogP contribution in [0.1, 0.15) is 29.7 Å². The molecule has 1 atom stereocenters. The Hall–Kier alpha value is -1.87. The first-order valence-electron chi connectivity index (χ1n) is 6.55. The third-order valence-corrected chi connectivity index (χ3v) is 3.17. The molecule has 2 aromatic rings. The van der Waals surface area contributed by atoms with Crippen molar-refractivity contribution in [3.05, 3.63) is 59.3 Å². The summed E-state index contributed by atoms with van der Waals surface area (Å²) in [6.07, 6.45) is 1.81. The minimum atomic E-state index is -0.0105. The average Bonchev–Trinajstić information content (AvgIpc) is 2.38. The molecule has 0 bridgehead atoms. The van der Waals surface area contributed by atoms with Gasteiger partial charge in [0.05, 0.1) is 0 Å². The number of anilines is 1. The lowest BCUT2D eigenvalue weighted by Crippen LogP contribution is -2.21. The van der Waals surface area contributed by atoms with Crippen LogP contribution in [-0.2, 0) is 6.54 Å². The number of benzene rings is 1. The van der Waals surface area contributed by atoms with Crippen molar-refractivity contribution >= 4 is 5.82 Å². The van der Waals surface area contributed by atoms with Gasteiger partial charge in [0.25, 0.3) is 0 Å². The van der Waals surface area contributed by atoms with E-state index in [1.54, 1.807) is 0 Å². The van der Waals surface area contributed by atoms with Crippen LogP contribution in [0.5, 0.6) is 0 Å². The molecule has 0 aliphatic carbocycles. The molecule has 0 spiro atoms. The second kappa shape index (κ2) is 5.85. The quantitative estimate of drug-likeness (QED) is 0.913. The molecule has 0 aliphatic rings. The molecule has 1 aromatic heterocycles. The topological polar surface area (TPSA) is 42.2 Å². The van der Waals surface area contributed by atoms with Gasteiger partial charge in [-0.1, -0.05) is 35.9 Å². The standard InChI is InChI=1S/C16H21N3/c1-12-6-4-7-14(10-12)11-19(3)16-15(13(2)17)8-5-9-18-16/h4-10,13H,11,17H2,1-3H3/t13-/m0/s1. The zero-order valence-electron chi connectivity index (χ0n) is 11.8. The predicted molar refractivity (Wildman–Crippen MR) is 80.1 cm³/mol. The van der Waals surface area contributed by atoms with Gasteiger partial charge >= 0.3 is 0 Å². The van der Waals surface area contributed by atoms with Crippen LogP contribution >= 0.6 is 0 Å². The van der Waals surface area contributed by atoms with E-state index in [9.17, 15) is 0 Å². The van der Waals surface area contributed by atoms with Crippen molar-refractivity contribution in [2.45, 2.75) is 26.4 Å². The molecule has 3 nitrogen and oxygen atoms in total. The summed E-state index contributed by atoms with van der Waals surface area (Å²) in [5.74, 6) is 0.957. The number of nitrogens with zero attached hydrogens (tertiary/aromatic N) is 2. The molecule has 0 amide bonds. The van der Waals surface area contributed by atoms with Gasteiger partial charge in [-0.2, -0.15) is 0 Å². The molecular weight excluding hydrogens is 234 g/mol. The van der Waals surface area contributed by atoms with Gasteiger partial charge in [0, 0.05) is 31.4 Å². The fraction of sp³-hybridized carbons (Fsp3) is 0.312. The predicted octanol–water partition coefficient (Wildman–Crippen LogP) is 3.05. The molecule has 100 valence electrons. The van der Waals surface area contributed by atoms with Crippen LogP contribution < -0.4 is 10.6 Å². The lowest BCUT2D eigenvalue weighted by atomic mass is 10.1. The second-order valence-electron chi connectivity index (χ2n) is 5.05. The molecule has 0 fully saturated rings. The molecule has 1 heterocycles. The number of hydrogen-bond acceptors (Lipinski definition) is 3. The van der Waals surface area contributed by atoms with E-state index in [1.165, 1.54) is 11.1 Å². The Morgan fingerprint density at radius 2 is 2.05 bits per heavy atom. The number of nitrogens with two attached hydrogens (primary N) is 1. The van der Waals surface area contributed by atoms with Crippen molar-refractivity contribution in [1.29, 1.82) is 0 Å². The third kappa shape index (κ3) is 3.32. The van der Waals surface area contributed by atoms with Gasteiger partial charge in [-0.25, -0.2) is 4.98 Å². The summed E-state index contributed by atoms with van der Waals surface area (Å²) < 4.78 is 0. The van der Waals surface area contributed by atoms with Crippen molar-refractivity contribution in [2.24, 2.45) is 5.73 Å². The number of pyridine rings is 1.